The predicted molar refractivity (Wildman–Crippen MR) is 59.0 cm³/mol. The number of piperidine rings is 1. The van der Waals surface area contributed by atoms with Gasteiger partial charge in [0.25, 0.3) is 0 Å². The largest absolute Gasteiger partial charge is 0.295 e. The molecule has 0 spiro atoms. The summed E-state index contributed by atoms with van der Waals surface area (Å²) in [4.78, 5) is 23.6. The van der Waals surface area contributed by atoms with Gasteiger partial charge in [0, 0.05) is 5.41 Å². The average molecular weight is 222 g/mol. The van der Waals surface area contributed by atoms with Gasteiger partial charge in [0.2, 0.25) is 11.8 Å². The molecule has 4 heteroatoms. The second-order valence-electron chi connectivity index (χ2n) is 5.91. The van der Waals surface area contributed by atoms with Gasteiger partial charge in [-0.25, -0.2) is 0 Å². The molecule has 1 saturated heterocycles. The van der Waals surface area contributed by atoms with Crippen molar-refractivity contribution in [2.75, 3.05) is 0 Å². The van der Waals surface area contributed by atoms with Crippen LogP contribution < -0.4 is 5.32 Å². The van der Waals surface area contributed by atoms with E-state index in [9.17, 15) is 9.59 Å². The number of nitriles is 1. The van der Waals surface area contributed by atoms with Gasteiger partial charge in [-0.05, 0) is 27.2 Å². The Bertz CT molecular complexity index is 390. The highest BCUT2D eigenvalue weighted by atomic mass is 16.2. The summed E-state index contributed by atoms with van der Waals surface area (Å²) < 4.78 is 0. The second kappa shape index (κ2) is 3.31. The first-order chi connectivity index (χ1) is 7.07. The van der Waals surface area contributed by atoms with Gasteiger partial charge >= 0.3 is 0 Å². The summed E-state index contributed by atoms with van der Waals surface area (Å²) >= 11 is 0. The molecule has 16 heavy (non-hydrogen) atoms. The Hall–Kier alpha value is -1.37. The molecule has 0 aromatic rings. The minimum atomic E-state index is -0.834. The van der Waals surface area contributed by atoms with Gasteiger partial charge in [0.05, 0.1) is 16.9 Å². The van der Waals surface area contributed by atoms with E-state index in [1.165, 1.54) is 0 Å². The molecule has 1 atom stereocenters. The standard InChI is InChI=1S/C12H18N2O2/c1-10(2)6-12(5,11(3,4)7-13)9(16)14-8(10)15/h6H2,1-5H3,(H,14,15,16). The van der Waals surface area contributed by atoms with Crippen LogP contribution in [0.3, 0.4) is 0 Å². The minimum Gasteiger partial charge on any atom is -0.295 e. The molecule has 2 amide bonds. The van der Waals surface area contributed by atoms with Gasteiger partial charge in [-0.3, -0.25) is 14.9 Å². The Labute approximate surface area is 96.0 Å². The highest BCUT2D eigenvalue weighted by molar-refractivity contribution is 6.03. The van der Waals surface area contributed by atoms with E-state index >= 15 is 0 Å². The first kappa shape index (κ1) is 12.7. The van der Waals surface area contributed by atoms with E-state index in [1.807, 2.05) is 0 Å². The number of amides is 2. The number of carbonyl (C=O) groups excluding carboxylic acids is 2. The molecule has 1 heterocycles. The molecule has 0 aromatic carbocycles. The predicted octanol–water partition coefficient (Wildman–Crippen LogP) is 1.62. The second-order valence-corrected chi connectivity index (χ2v) is 5.91. The first-order valence-corrected chi connectivity index (χ1v) is 5.34. The van der Waals surface area contributed by atoms with Crippen LogP contribution in [0.2, 0.25) is 0 Å². The lowest BCUT2D eigenvalue weighted by molar-refractivity contribution is -0.153. The van der Waals surface area contributed by atoms with Crippen molar-refractivity contribution in [1.29, 1.82) is 5.26 Å². The fraction of sp³-hybridized carbons (Fsp3) is 0.750. The number of nitrogens with one attached hydrogen (secondary N) is 1. The SMILES string of the molecule is CC1(C)CC(C)(C(C)(C)C#N)C(=O)NC1=O. The maximum Gasteiger partial charge on any atom is 0.234 e. The lowest BCUT2D eigenvalue weighted by atomic mass is 9.58. The number of hydrogen-bond donors (Lipinski definition) is 1. The lowest BCUT2D eigenvalue weighted by Crippen LogP contribution is -2.59. The van der Waals surface area contributed by atoms with Crippen molar-refractivity contribution < 1.29 is 9.59 Å². The van der Waals surface area contributed by atoms with Crippen LogP contribution in [0.15, 0.2) is 0 Å². The van der Waals surface area contributed by atoms with Gasteiger partial charge in [0.1, 0.15) is 0 Å². The van der Waals surface area contributed by atoms with Crippen LogP contribution in [0, 0.1) is 27.6 Å². The zero-order valence-corrected chi connectivity index (χ0v) is 10.5. The fourth-order valence-electron chi connectivity index (χ4n) is 2.08. The number of nitrogens with zero attached hydrogens (tertiary/aromatic N) is 1. The van der Waals surface area contributed by atoms with Gasteiger partial charge in [-0.1, -0.05) is 13.8 Å². The number of carbonyl (C=O) groups is 2. The molecule has 1 rings (SSSR count). The number of imide groups is 1. The third kappa shape index (κ3) is 1.60. The summed E-state index contributed by atoms with van der Waals surface area (Å²) in [5.41, 5.74) is -2.25. The number of hydrogen-bond acceptors (Lipinski definition) is 3. The fourth-order valence-corrected chi connectivity index (χ4v) is 2.08. The van der Waals surface area contributed by atoms with E-state index in [-0.39, 0.29) is 11.8 Å². The van der Waals surface area contributed by atoms with Crippen molar-refractivity contribution in [3.63, 3.8) is 0 Å². The third-order valence-corrected chi connectivity index (χ3v) is 3.80. The average Bonchev–Trinajstić information content (AvgIpc) is 2.14. The van der Waals surface area contributed by atoms with Crippen molar-refractivity contribution in [2.24, 2.45) is 16.2 Å². The summed E-state index contributed by atoms with van der Waals surface area (Å²) in [6.45, 7) is 8.80. The van der Waals surface area contributed by atoms with E-state index in [2.05, 4.69) is 11.4 Å². The molecule has 1 fully saturated rings. The molecule has 0 aliphatic carbocycles. The summed E-state index contributed by atoms with van der Waals surface area (Å²) in [6, 6.07) is 2.16. The quantitative estimate of drug-likeness (QED) is 0.685. The summed E-state index contributed by atoms with van der Waals surface area (Å²) in [7, 11) is 0. The van der Waals surface area contributed by atoms with Crippen LogP contribution in [0.25, 0.3) is 0 Å². The smallest absolute Gasteiger partial charge is 0.234 e. The van der Waals surface area contributed by atoms with Crippen LogP contribution in [-0.2, 0) is 9.59 Å². The van der Waals surface area contributed by atoms with Crippen LogP contribution in [0.1, 0.15) is 41.0 Å². The molecule has 0 saturated carbocycles. The normalized spacial score (nSPS) is 29.5. The summed E-state index contributed by atoms with van der Waals surface area (Å²) in [5, 5.41) is 11.5. The lowest BCUT2D eigenvalue weighted by Gasteiger charge is -2.46. The molecule has 4 nitrogen and oxygen atoms in total. The first-order valence-electron chi connectivity index (χ1n) is 5.34. The molecule has 1 unspecified atom stereocenters. The molecule has 88 valence electrons. The monoisotopic (exact) mass is 222 g/mol. The maximum atomic E-state index is 11.9. The van der Waals surface area contributed by atoms with E-state index in [0.717, 1.165) is 0 Å². The van der Waals surface area contributed by atoms with E-state index < -0.39 is 16.2 Å². The van der Waals surface area contributed by atoms with Crippen molar-refractivity contribution in [3.8, 4) is 6.07 Å². The topological polar surface area (TPSA) is 70.0 Å². The highest BCUT2D eigenvalue weighted by Gasteiger charge is 2.55. The Morgan fingerprint density at radius 1 is 1.25 bits per heavy atom. The van der Waals surface area contributed by atoms with E-state index in [4.69, 9.17) is 5.26 Å². The molecule has 1 N–H and O–H groups in total. The molecule has 1 aliphatic rings. The van der Waals surface area contributed by atoms with Gasteiger partial charge in [-0.2, -0.15) is 5.26 Å². The Morgan fingerprint density at radius 2 is 1.75 bits per heavy atom. The molecule has 0 aromatic heterocycles. The zero-order chi connectivity index (χ0) is 12.8. The molecular formula is C12H18N2O2. The third-order valence-electron chi connectivity index (χ3n) is 3.80. The Kier molecular flexibility index (Phi) is 2.63. The molecule has 1 aliphatic heterocycles. The van der Waals surface area contributed by atoms with Gasteiger partial charge in [-0.15, -0.1) is 0 Å². The number of rotatable bonds is 1. The van der Waals surface area contributed by atoms with Crippen LogP contribution >= 0.6 is 0 Å². The van der Waals surface area contributed by atoms with Crippen LogP contribution in [0.5, 0.6) is 0 Å². The summed E-state index contributed by atoms with van der Waals surface area (Å²) in [6.07, 6.45) is 0.394. The minimum absolute atomic E-state index is 0.260. The van der Waals surface area contributed by atoms with E-state index in [1.54, 1.807) is 34.6 Å². The van der Waals surface area contributed by atoms with E-state index in [0.29, 0.717) is 6.42 Å². The zero-order valence-electron chi connectivity index (χ0n) is 10.5. The van der Waals surface area contributed by atoms with Crippen molar-refractivity contribution in [3.05, 3.63) is 0 Å². The maximum absolute atomic E-state index is 11.9. The van der Waals surface area contributed by atoms with Crippen molar-refractivity contribution in [2.45, 2.75) is 41.0 Å². The van der Waals surface area contributed by atoms with Gasteiger partial charge in [0.15, 0.2) is 0 Å². The molecular weight excluding hydrogens is 204 g/mol. The molecule has 0 bridgehead atoms. The van der Waals surface area contributed by atoms with Crippen molar-refractivity contribution >= 4 is 11.8 Å². The Morgan fingerprint density at radius 3 is 2.19 bits per heavy atom. The highest BCUT2D eigenvalue weighted by Crippen LogP contribution is 2.49. The van der Waals surface area contributed by atoms with Crippen LogP contribution in [-0.4, -0.2) is 11.8 Å². The van der Waals surface area contributed by atoms with Gasteiger partial charge < -0.3 is 0 Å². The molecule has 0 radical (unpaired) electrons. The Balaban J connectivity index is 3.21. The summed E-state index contributed by atoms with van der Waals surface area (Å²) in [5.74, 6) is -0.605. The van der Waals surface area contributed by atoms with Crippen LogP contribution in [0.4, 0.5) is 0 Å². The van der Waals surface area contributed by atoms with Crippen molar-refractivity contribution in [1.82, 2.24) is 5.32 Å².